The van der Waals surface area contributed by atoms with Gasteiger partial charge < -0.3 is 9.84 Å². The van der Waals surface area contributed by atoms with Gasteiger partial charge in [0, 0.05) is 9.50 Å². The second-order valence-electron chi connectivity index (χ2n) is 4.14. The largest absolute Gasteiger partial charge is 0.486 e. The van der Waals surface area contributed by atoms with Crippen molar-refractivity contribution < 1.29 is 19.0 Å². The molecule has 0 unspecified atom stereocenters. The average molecular weight is 394 g/mol. The van der Waals surface area contributed by atoms with E-state index in [1.165, 1.54) is 24.3 Å². The lowest BCUT2D eigenvalue weighted by Gasteiger charge is -2.12. The topological polar surface area (TPSA) is 46.5 Å². The van der Waals surface area contributed by atoms with E-state index in [2.05, 4.69) is 15.9 Å². The Hall–Kier alpha value is -1.30. The Morgan fingerprint density at radius 1 is 1.24 bits per heavy atom. The van der Waals surface area contributed by atoms with E-state index in [0.717, 1.165) is 0 Å². The summed E-state index contributed by atoms with van der Waals surface area (Å²) >= 11 is 14.9. The van der Waals surface area contributed by atoms with Crippen molar-refractivity contribution in [1.29, 1.82) is 0 Å². The van der Waals surface area contributed by atoms with Gasteiger partial charge in [0.1, 0.15) is 18.0 Å². The van der Waals surface area contributed by atoms with Crippen molar-refractivity contribution in [3.63, 3.8) is 0 Å². The lowest BCUT2D eigenvalue weighted by molar-refractivity contribution is 0.0691. The van der Waals surface area contributed by atoms with Gasteiger partial charge in [-0.25, -0.2) is 9.18 Å². The Balaban J connectivity index is 2.29. The Kier molecular flexibility index (Phi) is 5.08. The zero-order valence-electron chi connectivity index (χ0n) is 10.4. The van der Waals surface area contributed by atoms with Crippen LogP contribution in [0.3, 0.4) is 0 Å². The van der Waals surface area contributed by atoms with Gasteiger partial charge in [0.25, 0.3) is 0 Å². The number of aromatic carboxylic acids is 1. The fourth-order valence-corrected chi connectivity index (χ4v) is 2.78. The number of rotatable bonds is 4. The molecule has 0 amide bonds. The molecule has 0 aliphatic carbocycles. The van der Waals surface area contributed by atoms with Gasteiger partial charge in [0.2, 0.25) is 0 Å². The van der Waals surface area contributed by atoms with Gasteiger partial charge in [-0.15, -0.1) is 0 Å². The fourth-order valence-electron chi connectivity index (χ4n) is 1.72. The molecule has 2 aromatic carbocycles. The number of carboxylic acid groups (broad SMARTS) is 1. The molecular formula is C14H8BrCl2FO3. The van der Waals surface area contributed by atoms with Crippen molar-refractivity contribution in [3.05, 3.63) is 61.8 Å². The van der Waals surface area contributed by atoms with Crippen LogP contribution in [0, 0.1) is 5.82 Å². The summed E-state index contributed by atoms with van der Waals surface area (Å²) in [7, 11) is 0. The van der Waals surface area contributed by atoms with E-state index in [0.29, 0.717) is 10.0 Å². The highest BCUT2D eigenvalue weighted by atomic mass is 79.9. The molecular weight excluding hydrogens is 386 g/mol. The molecule has 0 saturated carbocycles. The summed E-state index contributed by atoms with van der Waals surface area (Å²) in [5.41, 5.74) is 0.382. The number of hydrogen-bond donors (Lipinski definition) is 1. The Bertz CT molecular complexity index is 687. The van der Waals surface area contributed by atoms with Crippen molar-refractivity contribution in [2.45, 2.75) is 6.61 Å². The maximum absolute atomic E-state index is 13.3. The normalized spacial score (nSPS) is 10.5. The van der Waals surface area contributed by atoms with Crippen LogP contribution in [0.5, 0.6) is 5.75 Å². The monoisotopic (exact) mass is 392 g/mol. The Labute approximate surface area is 138 Å². The van der Waals surface area contributed by atoms with Crippen LogP contribution in [0.25, 0.3) is 0 Å². The third-order valence-electron chi connectivity index (χ3n) is 2.54. The van der Waals surface area contributed by atoms with E-state index in [1.807, 2.05) is 0 Å². The zero-order valence-corrected chi connectivity index (χ0v) is 13.5. The first-order chi connectivity index (χ1) is 9.86. The lowest BCUT2D eigenvalue weighted by atomic mass is 10.2. The first-order valence-electron chi connectivity index (χ1n) is 5.67. The van der Waals surface area contributed by atoms with Gasteiger partial charge in [0.15, 0.2) is 5.75 Å². The van der Waals surface area contributed by atoms with E-state index in [-0.39, 0.29) is 28.0 Å². The fraction of sp³-hybridized carbons (Fsp3) is 0.0714. The summed E-state index contributed by atoms with van der Waals surface area (Å²) in [5.74, 6) is -1.65. The second-order valence-corrected chi connectivity index (χ2v) is 5.90. The maximum atomic E-state index is 13.3. The first kappa shape index (κ1) is 16.1. The van der Waals surface area contributed by atoms with Crippen LogP contribution in [0.2, 0.25) is 10.0 Å². The maximum Gasteiger partial charge on any atom is 0.339 e. The minimum Gasteiger partial charge on any atom is -0.486 e. The first-order valence-corrected chi connectivity index (χ1v) is 7.22. The lowest BCUT2D eigenvalue weighted by Crippen LogP contribution is -2.04. The summed E-state index contributed by atoms with van der Waals surface area (Å²) in [6, 6.07) is 6.88. The molecule has 0 atom stereocenters. The molecule has 0 heterocycles. The minimum absolute atomic E-state index is 0.00560. The van der Waals surface area contributed by atoms with E-state index < -0.39 is 11.8 Å². The van der Waals surface area contributed by atoms with E-state index in [4.69, 9.17) is 33.0 Å². The molecule has 0 bridgehead atoms. The van der Waals surface area contributed by atoms with Crippen molar-refractivity contribution in [3.8, 4) is 5.75 Å². The molecule has 3 nitrogen and oxygen atoms in total. The molecule has 110 valence electrons. The number of hydrogen-bond acceptors (Lipinski definition) is 2. The van der Waals surface area contributed by atoms with Crippen molar-refractivity contribution >= 4 is 45.1 Å². The van der Waals surface area contributed by atoms with Crippen LogP contribution in [0.4, 0.5) is 4.39 Å². The number of carbonyl (C=O) groups is 1. The quantitative estimate of drug-likeness (QED) is 0.779. The highest BCUT2D eigenvalue weighted by molar-refractivity contribution is 9.10. The number of benzene rings is 2. The molecule has 0 aliphatic heterocycles. The summed E-state index contributed by atoms with van der Waals surface area (Å²) in [6.45, 7) is -0.0298. The van der Waals surface area contributed by atoms with Gasteiger partial charge >= 0.3 is 5.97 Å². The molecule has 21 heavy (non-hydrogen) atoms. The van der Waals surface area contributed by atoms with E-state index >= 15 is 0 Å². The number of halogens is 4. The molecule has 2 rings (SSSR count). The third kappa shape index (κ3) is 4.09. The van der Waals surface area contributed by atoms with Gasteiger partial charge in [0.05, 0.1) is 5.02 Å². The second kappa shape index (κ2) is 6.64. The van der Waals surface area contributed by atoms with Crippen LogP contribution in [-0.2, 0) is 6.61 Å². The standard InChI is InChI=1S/C14H8BrCl2FO3/c15-8-1-7(2-10(18)3-8)6-21-13-11(14(19)20)4-9(16)5-12(13)17/h1-5H,6H2,(H,19,20). The van der Waals surface area contributed by atoms with Crippen LogP contribution in [0.15, 0.2) is 34.8 Å². The summed E-state index contributed by atoms with van der Waals surface area (Å²) in [4.78, 5) is 11.2. The third-order valence-corrected chi connectivity index (χ3v) is 3.50. The van der Waals surface area contributed by atoms with Gasteiger partial charge in [-0.05, 0) is 35.9 Å². The summed E-state index contributed by atoms with van der Waals surface area (Å²) in [5, 5.41) is 9.41. The number of carboxylic acids is 1. The Morgan fingerprint density at radius 2 is 1.95 bits per heavy atom. The average Bonchev–Trinajstić information content (AvgIpc) is 2.35. The summed E-state index contributed by atoms with van der Waals surface area (Å²) < 4.78 is 19.2. The molecule has 7 heteroatoms. The van der Waals surface area contributed by atoms with E-state index in [1.54, 1.807) is 6.07 Å². The minimum atomic E-state index is -1.21. The summed E-state index contributed by atoms with van der Waals surface area (Å²) in [6.07, 6.45) is 0. The molecule has 2 aromatic rings. The van der Waals surface area contributed by atoms with Gasteiger partial charge in [-0.1, -0.05) is 39.1 Å². The van der Waals surface area contributed by atoms with Gasteiger partial charge in [-0.3, -0.25) is 0 Å². The van der Waals surface area contributed by atoms with Crippen molar-refractivity contribution in [2.75, 3.05) is 0 Å². The zero-order chi connectivity index (χ0) is 15.6. The highest BCUT2D eigenvalue weighted by Crippen LogP contribution is 2.33. The van der Waals surface area contributed by atoms with Crippen LogP contribution in [-0.4, -0.2) is 11.1 Å². The van der Waals surface area contributed by atoms with Crippen LogP contribution >= 0.6 is 39.1 Å². The molecule has 0 aromatic heterocycles. The predicted molar refractivity (Wildman–Crippen MR) is 81.9 cm³/mol. The van der Waals surface area contributed by atoms with Gasteiger partial charge in [-0.2, -0.15) is 0 Å². The smallest absolute Gasteiger partial charge is 0.339 e. The Morgan fingerprint density at radius 3 is 2.57 bits per heavy atom. The molecule has 0 spiro atoms. The molecule has 1 N–H and O–H groups in total. The highest BCUT2D eigenvalue weighted by Gasteiger charge is 2.17. The van der Waals surface area contributed by atoms with Crippen molar-refractivity contribution in [1.82, 2.24) is 0 Å². The number of ether oxygens (including phenoxy) is 1. The molecule has 0 radical (unpaired) electrons. The van der Waals surface area contributed by atoms with Crippen LogP contribution < -0.4 is 4.74 Å². The van der Waals surface area contributed by atoms with Crippen molar-refractivity contribution in [2.24, 2.45) is 0 Å². The van der Waals surface area contributed by atoms with Crippen LogP contribution in [0.1, 0.15) is 15.9 Å². The molecule has 0 saturated heterocycles. The molecule has 0 aliphatic rings. The van der Waals surface area contributed by atoms with E-state index in [9.17, 15) is 9.18 Å². The SMILES string of the molecule is O=C(O)c1cc(Cl)cc(Cl)c1OCc1cc(F)cc(Br)c1. The predicted octanol–water partition coefficient (Wildman–Crippen LogP) is 5.17. The molecule has 0 fully saturated rings.